The smallest absolute Gasteiger partial charge is 0.251 e. The molecule has 2 aromatic carbocycles. The van der Waals surface area contributed by atoms with Gasteiger partial charge in [0.25, 0.3) is 5.91 Å². The number of nitrogens with zero attached hydrogens (tertiary/aromatic N) is 1. The van der Waals surface area contributed by atoms with E-state index in [0.29, 0.717) is 46.0 Å². The Kier molecular flexibility index (Phi) is 4.63. The maximum atomic E-state index is 13.6. The maximum absolute atomic E-state index is 13.6. The number of halogens is 2. The van der Waals surface area contributed by atoms with Gasteiger partial charge in [-0.3, -0.25) is 9.78 Å². The van der Waals surface area contributed by atoms with Gasteiger partial charge in [-0.05, 0) is 79.1 Å². The second-order valence-electron chi connectivity index (χ2n) is 7.89. The molecule has 4 nitrogen and oxygen atoms in total. The molecular weight excluding hydrogens is 391 g/mol. The first-order valence-electron chi connectivity index (χ1n) is 9.83. The molecule has 1 aromatic heterocycles. The van der Waals surface area contributed by atoms with Crippen molar-refractivity contribution in [2.24, 2.45) is 17.8 Å². The number of pyridine rings is 1. The molecule has 2 fully saturated rings. The fraction of sp³-hybridized carbons (Fsp3) is 0.304. The number of ether oxygens (including phenoxy) is 1. The highest BCUT2D eigenvalue weighted by molar-refractivity contribution is 6.30. The van der Waals surface area contributed by atoms with Gasteiger partial charge in [0.1, 0.15) is 11.6 Å². The van der Waals surface area contributed by atoms with Crippen molar-refractivity contribution in [1.29, 1.82) is 0 Å². The summed E-state index contributed by atoms with van der Waals surface area (Å²) < 4.78 is 19.8. The number of carbonyl (C=O) groups is 1. The number of benzene rings is 2. The lowest BCUT2D eigenvalue weighted by Gasteiger charge is -2.18. The van der Waals surface area contributed by atoms with Crippen LogP contribution in [0.5, 0.6) is 5.75 Å². The van der Waals surface area contributed by atoms with Crippen LogP contribution in [-0.2, 0) is 0 Å². The Hall–Kier alpha value is -2.66. The van der Waals surface area contributed by atoms with E-state index >= 15 is 0 Å². The highest BCUT2D eigenvalue weighted by atomic mass is 35.5. The number of carbonyl (C=O) groups excluding carboxylic acids is 1. The van der Waals surface area contributed by atoms with Crippen molar-refractivity contribution < 1.29 is 13.9 Å². The fourth-order valence-electron chi connectivity index (χ4n) is 4.62. The zero-order valence-electron chi connectivity index (χ0n) is 15.6. The van der Waals surface area contributed by atoms with E-state index in [2.05, 4.69) is 10.3 Å². The zero-order chi connectivity index (χ0) is 20.0. The van der Waals surface area contributed by atoms with E-state index in [1.165, 1.54) is 12.1 Å². The average Bonchev–Trinajstić information content (AvgIpc) is 3.17. The number of hydrogen-bond acceptors (Lipinski definition) is 3. The minimum Gasteiger partial charge on any atom is -0.490 e. The van der Waals surface area contributed by atoms with Crippen LogP contribution in [0, 0.1) is 23.6 Å². The van der Waals surface area contributed by atoms with Gasteiger partial charge >= 0.3 is 0 Å². The number of rotatable bonds is 5. The van der Waals surface area contributed by atoms with Crippen LogP contribution in [0.15, 0.2) is 54.7 Å². The molecule has 0 bridgehead atoms. The number of fused-ring (bicyclic) bond motifs is 2. The molecule has 2 atom stereocenters. The number of aromatic nitrogens is 1. The Balaban J connectivity index is 1.15. The van der Waals surface area contributed by atoms with E-state index < -0.39 is 0 Å². The monoisotopic (exact) mass is 410 g/mol. The summed E-state index contributed by atoms with van der Waals surface area (Å²) in [5.74, 6) is 2.00. The molecule has 6 heteroatoms. The Morgan fingerprint density at radius 2 is 1.90 bits per heavy atom. The van der Waals surface area contributed by atoms with Gasteiger partial charge in [-0.1, -0.05) is 11.6 Å². The van der Waals surface area contributed by atoms with E-state index in [1.807, 2.05) is 0 Å². The van der Waals surface area contributed by atoms with Crippen LogP contribution in [0.2, 0.25) is 5.02 Å². The second kappa shape index (κ2) is 7.30. The Bertz CT molecular complexity index is 1060. The SMILES string of the molecule is O=C(NCC1C2CC(Oc3ccnc4ccc(F)cc34)CC12)c1ccc(Cl)cc1. The second-order valence-corrected chi connectivity index (χ2v) is 8.33. The van der Waals surface area contributed by atoms with Crippen LogP contribution in [0.3, 0.4) is 0 Å². The first kappa shape index (κ1) is 18.4. The molecule has 5 rings (SSSR count). The van der Waals surface area contributed by atoms with Crippen molar-refractivity contribution in [1.82, 2.24) is 10.3 Å². The lowest BCUT2D eigenvalue weighted by atomic mass is 10.1. The van der Waals surface area contributed by atoms with Crippen LogP contribution in [0.4, 0.5) is 4.39 Å². The Morgan fingerprint density at radius 1 is 1.14 bits per heavy atom. The molecule has 29 heavy (non-hydrogen) atoms. The molecular formula is C23H20ClFN2O2. The summed E-state index contributed by atoms with van der Waals surface area (Å²) in [6.07, 6.45) is 3.75. The Morgan fingerprint density at radius 3 is 2.66 bits per heavy atom. The zero-order valence-corrected chi connectivity index (χ0v) is 16.4. The number of nitrogens with one attached hydrogen (secondary N) is 1. The molecule has 0 aliphatic heterocycles. The average molecular weight is 411 g/mol. The third kappa shape index (κ3) is 3.67. The third-order valence-electron chi connectivity index (χ3n) is 6.14. The van der Waals surface area contributed by atoms with E-state index in [0.717, 1.165) is 18.4 Å². The van der Waals surface area contributed by atoms with Crippen LogP contribution in [0.25, 0.3) is 10.9 Å². The molecule has 2 aliphatic rings. The summed E-state index contributed by atoms with van der Waals surface area (Å²) in [6, 6.07) is 13.3. The molecule has 0 saturated heterocycles. The standard InChI is InChI=1S/C23H20ClFN2O2/c24-14-3-1-13(2-4-14)23(28)27-12-20-17-10-16(11-18(17)20)29-22-7-8-26-21-6-5-15(25)9-19(21)22/h1-9,16-18,20H,10-12H2,(H,27,28). The first-order chi connectivity index (χ1) is 14.1. The van der Waals surface area contributed by atoms with Crippen molar-refractivity contribution in [3.05, 3.63) is 71.1 Å². The quantitative estimate of drug-likeness (QED) is 0.653. The third-order valence-corrected chi connectivity index (χ3v) is 6.39. The maximum Gasteiger partial charge on any atom is 0.251 e. The molecule has 0 spiro atoms. The van der Waals surface area contributed by atoms with Crippen molar-refractivity contribution in [2.45, 2.75) is 18.9 Å². The summed E-state index contributed by atoms with van der Waals surface area (Å²) in [6.45, 7) is 0.687. The molecule has 148 valence electrons. The summed E-state index contributed by atoms with van der Waals surface area (Å²) in [5, 5.41) is 4.36. The highest BCUT2D eigenvalue weighted by Crippen LogP contribution is 2.57. The van der Waals surface area contributed by atoms with Crippen molar-refractivity contribution >= 4 is 28.4 Å². The summed E-state index contributed by atoms with van der Waals surface area (Å²) >= 11 is 5.86. The normalized spacial score (nSPS) is 24.9. The summed E-state index contributed by atoms with van der Waals surface area (Å²) in [7, 11) is 0. The van der Waals surface area contributed by atoms with Crippen LogP contribution in [0.1, 0.15) is 23.2 Å². The van der Waals surface area contributed by atoms with E-state index in [1.54, 1.807) is 42.6 Å². The molecule has 3 aromatic rings. The minimum absolute atomic E-state index is 0.0651. The molecule has 1 amide bonds. The largest absolute Gasteiger partial charge is 0.490 e. The number of amides is 1. The lowest BCUT2D eigenvalue weighted by Crippen LogP contribution is -2.27. The number of hydrogen-bond donors (Lipinski definition) is 1. The Labute approximate surface area is 173 Å². The highest BCUT2D eigenvalue weighted by Gasteiger charge is 2.56. The molecule has 2 aliphatic carbocycles. The fourth-order valence-corrected chi connectivity index (χ4v) is 4.74. The van der Waals surface area contributed by atoms with Crippen molar-refractivity contribution in [3.63, 3.8) is 0 Å². The van der Waals surface area contributed by atoms with Crippen LogP contribution in [-0.4, -0.2) is 23.5 Å². The van der Waals surface area contributed by atoms with E-state index in [4.69, 9.17) is 16.3 Å². The topological polar surface area (TPSA) is 51.2 Å². The van der Waals surface area contributed by atoms with E-state index in [9.17, 15) is 9.18 Å². The summed E-state index contributed by atoms with van der Waals surface area (Å²) in [5.41, 5.74) is 1.35. The minimum atomic E-state index is -0.291. The van der Waals surface area contributed by atoms with Gasteiger partial charge in [0.15, 0.2) is 0 Å². The molecule has 0 radical (unpaired) electrons. The summed E-state index contributed by atoms with van der Waals surface area (Å²) in [4.78, 5) is 16.5. The van der Waals surface area contributed by atoms with Crippen LogP contribution >= 0.6 is 11.6 Å². The lowest BCUT2D eigenvalue weighted by molar-refractivity contribution is 0.0949. The van der Waals surface area contributed by atoms with Gasteiger partial charge < -0.3 is 10.1 Å². The van der Waals surface area contributed by atoms with Gasteiger partial charge in [0, 0.05) is 28.7 Å². The molecule has 2 saturated carbocycles. The predicted octanol–water partition coefficient (Wildman–Crippen LogP) is 4.86. The van der Waals surface area contributed by atoms with E-state index in [-0.39, 0.29) is 17.8 Å². The van der Waals surface area contributed by atoms with Gasteiger partial charge in [0.05, 0.1) is 11.6 Å². The molecule has 2 unspecified atom stereocenters. The van der Waals surface area contributed by atoms with Gasteiger partial charge in [-0.15, -0.1) is 0 Å². The van der Waals surface area contributed by atoms with Gasteiger partial charge in [-0.2, -0.15) is 0 Å². The predicted molar refractivity (Wildman–Crippen MR) is 110 cm³/mol. The van der Waals surface area contributed by atoms with Gasteiger partial charge in [0.2, 0.25) is 0 Å². The molecule has 1 N–H and O–H groups in total. The first-order valence-corrected chi connectivity index (χ1v) is 10.2. The van der Waals surface area contributed by atoms with Crippen molar-refractivity contribution in [2.75, 3.05) is 6.54 Å². The van der Waals surface area contributed by atoms with Crippen LogP contribution < -0.4 is 10.1 Å². The van der Waals surface area contributed by atoms with Gasteiger partial charge in [-0.25, -0.2) is 4.39 Å². The van der Waals surface area contributed by atoms with Crippen molar-refractivity contribution in [3.8, 4) is 5.75 Å². The molecule has 1 heterocycles.